The molecule has 2 aromatic rings. The molecule has 2 N–H and O–H groups in total. The minimum atomic E-state index is -1.31. The Kier molecular flexibility index (Phi) is 5.92. The van der Waals surface area contributed by atoms with Crippen molar-refractivity contribution in [3.8, 4) is 0 Å². The summed E-state index contributed by atoms with van der Waals surface area (Å²) in [6, 6.07) is 1.57. The van der Waals surface area contributed by atoms with Gasteiger partial charge < -0.3 is 10.4 Å². The van der Waals surface area contributed by atoms with Crippen LogP contribution in [0.1, 0.15) is 50.7 Å². The van der Waals surface area contributed by atoms with E-state index in [1.807, 2.05) is 20.8 Å². The van der Waals surface area contributed by atoms with E-state index in [4.69, 9.17) is 0 Å². The minimum absolute atomic E-state index is 0.0517. The Labute approximate surface area is 162 Å². The lowest BCUT2D eigenvalue weighted by atomic mass is 9.90. The van der Waals surface area contributed by atoms with Crippen LogP contribution in [0.2, 0.25) is 0 Å². The lowest BCUT2D eigenvalue weighted by molar-refractivity contribution is -0.145. The van der Waals surface area contributed by atoms with Gasteiger partial charge in [-0.05, 0) is 32.6 Å². The van der Waals surface area contributed by atoms with E-state index in [0.717, 1.165) is 17.8 Å². The number of aryl methyl sites for hydroxylation is 1. The summed E-state index contributed by atoms with van der Waals surface area (Å²) >= 11 is 1.43. The van der Waals surface area contributed by atoms with Gasteiger partial charge in [0.15, 0.2) is 0 Å². The van der Waals surface area contributed by atoms with Crippen LogP contribution in [0, 0.1) is 0 Å². The van der Waals surface area contributed by atoms with Crippen molar-refractivity contribution in [1.82, 2.24) is 24.8 Å². The van der Waals surface area contributed by atoms with Gasteiger partial charge in [-0.1, -0.05) is 25.2 Å². The van der Waals surface area contributed by atoms with Gasteiger partial charge in [0.1, 0.15) is 10.6 Å². The van der Waals surface area contributed by atoms with E-state index in [1.54, 1.807) is 0 Å². The number of hydrogen-bond acceptors (Lipinski definition) is 7. The van der Waals surface area contributed by atoms with Gasteiger partial charge in [0.25, 0.3) is 11.5 Å². The molecule has 1 fully saturated rings. The largest absolute Gasteiger partial charge is 0.380 e. The van der Waals surface area contributed by atoms with Crippen molar-refractivity contribution in [2.24, 2.45) is 0 Å². The topological polar surface area (TPSA) is 99.8 Å². The average Bonchev–Trinajstić information content (AvgIpc) is 3.07. The summed E-state index contributed by atoms with van der Waals surface area (Å²) in [7, 11) is 0. The smallest absolute Gasteiger partial charge is 0.275 e. The van der Waals surface area contributed by atoms with Gasteiger partial charge in [-0.15, -0.1) is 0 Å². The summed E-state index contributed by atoms with van der Waals surface area (Å²) in [6.07, 6.45) is 2.34. The number of rotatable bonds is 6. The molecule has 0 spiro atoms. The molecule has 1 aliphatic rings. The zero-order valence-corrected chi connectivity index (χ0v) is 16.9. The summed E-state index contributed by atoms with van der Waals surface area (Å²) < 4.78 is 1.35. The Balaban J connectivity index is 1.64. The number of likely N-dealkylation sites (tertiary alicyclic amines) is 1. The van der Waals surface area contributed by atoms with Crippen molar-refractivity contribution in [1.29, 1.82) is 0 Å². The van der Waals surface area contributed by atoms with Crippen LogP contribution >= 0.6 is 11.3 Å². The maximum atomic E-state index is 12.3. The van der Waals surface area contributed by atoms with Crippen molar-refractivity contribution >= 4 is 22.2 Å². The summed E-state index contributed by atoms with van der Waals surface area (Å²) in [5.41, 5.74) is -0.793. The van der Waals surface area contributed by atoms with E-state index in [1.165, 1.54) is 21.9 Å². The molecule has 8 nitrogen and oxygen atoms in total. The molecule has 0 aromatic carbocycles. The third-order valence-corrected chi connectivity index (χ3v) is 6.18. The van der Waals surface area contributed by atoms with Crippen LogP contribution in [0.25, 0.3) is 4.96 Å². The van der Waals surface area contributed by atoms with Gasteiger partial charge in [-0.3, -0.25) is 14.5 Å². The Hall–Kier alpha value is -1.84. The standard InChI is InChI=1S/C18H27N5O3S/c1-4-12(3)19-16(25)18(26)6-8-22(9-7-18)11-13-10-15(24)23-17(20-13)27-14(5-2)21-23/h10,12,26H,4-9,11H2,1-3H3,(H,19,25). The molecule has 1 aliphatic heterocycles. The van der Waals surface area contributed by atoms with Crippen molar-refractivity contribution in [3.05, 3.63) is 27.1 Å². The fourth-order valence-corrected chi connectivity index (χ4v) is 3.97. The number of piperidine rings is 1. The van der Waals surface area contributed by atoms with E-state index in [-0.39, 0.29) is 17.5 Å². The molecule has 0 bridgehead atoms. The molecule has 0 saturated carbocycles. The van der Waals surface area contributed by atoms with E-state index in [9.17, 15) is 14.7 Å². The molecule has 1 atom stereocenters. The zero-order valence-electron chi connectivity index (χ0n) is 16.1. The Bertz CT molecular complexity index is 869. The third kappa shape index (κ3) is 4.36. The Morgan fingerprint density at radius 3 is 2.74 bits per heavy atom. The second-order valence-corrected chi connectivity index (χ2v) is 8.26. The first-order valence-electron chi connectivity index (χ1n) is 9.49. The number of hydrogen-bond donors (Lipinski definition) is 2. The van der Waals surface area contributed by atoms with Crippen LogP contribution in [0.3, 0.4) is 0 Å². The summed E-state index contributed by atoms with van der Waals surface area (Å²) in [6.45, 7) is 7.60. The lowest BCUT2D eigenvalue weighted by Crippen LogP contribution is -2.55. The molecule has 1 saturated heterocycles. The monoisotopic (exact) mass is 393 g/mol. The highest BCUT2D eigenvalue weighted by Gasteiger charge is 2.39. The number of amides is 1. The first kappa shape index (κ1) is 19.9. The number of aromatic nitrogens is 3. The fraction of sp³-hybridized carbons (Fsp3) is 0.667. The van der Waals surface area contributed by atoms with Gasteiger partial charge in [0, 0.05) is 31.7 Å². The van der Waals surface area contributed by atoms with Crippen LogP contribution in [0.15, 0.2) is 10.9 Å². The molecule has 3 rings (SSSR count). The normalized spacial score (nSPS) is 18.5. The number of fused-ring (bicyclic) bond motifs is 1. The van der Waals surface area contributed by atoms with Gasteiger partial charge in [-0.2, -0.15) is 9.61 Å². The number of carbonyl (C=O) groups excluding carboxylic acids is 1. The molecular weight excluding hydrogens is 366 g/mol. The first-order valence-corrected chi connectivity index (χ1v) is 10.3. The highest BCUT2D eigenvalue weighted by Crippen LogP contribution is 2.24. The molecule has 3 heterocycles. The quantitative estimate of drug-likeness (QED) is 0.758. The van der Waals surface area contributed by atoms with Crippen LogP contribution in [0.5, 0.6) is 0 Å². The molecule has 0 aliphatic carbocycles. The maximum absolute atomic E-state index is 12.3. The molecule has 148 valence electrons. The van der Waals surface area contributed by atoms with Gasteiger partial charge in [-0.25, -0.2) is 4.98 Å². The lowest BCUT2D eigenvalue weighted by Gasteiger charge is -2.37. The molecule has 9 heteroatoms. The predicted octanol–water partition coefficient (Wildman–Crippen LogP) is 0.955. The first-order chi connectivity index (χ1) is 12.8. The van der Waals surface area contributed by atoms with Crippen molar-refractivity contribution in [2.75, 3.05) is 13.1 Å². The van der Waals surface area contributed by atoms with Crippen LogP contribution in [-0.2, 0) is 17.8 Å². The highest BCUT2D eigenvalue weighted by molar-refractivity contribution is 7.16. The van der Waals surface area contributed by atoms with E-state index >= 15 is 0 Å². The molecular formula is C18H27N5O3S. The van der Waals surface area contributed by atoms with Crippen molar-refractivity contribution < 1.29 is 9.90 Å². The molecule has 1 amide bonds. The molecule has 0 radical (unpaired) electrons. The van der Waals surface area contributed by atoms with E-state index in [2.05, 4.69) is 20.3 Å². The second-order valence-electron chi connectivity index (χ2n) is 7.22. The van der Waals surface area contributed by atoms with Crippen molar-refractivity contribution in [3.63, 3.8) is 0 Å². The maximum Gasteiger partial charge on any atom is 0.275 e. The summed E-state index contributed by atoms with van der Waals surface area (Å²) in [5.74, 6) is -0.286. The molecule has 27 heavy (non-hydrogen) atoms. The minimum Gasteiger partial charge on any atom is -0.380 e. The van der Waals surface area contributed by atoms with E-state index in [0.29, 0.717) is 43.1 Å². The Morgan fingerprint density at radius 1 is 1.41 bits per heavy atom. The second kappa shape index (κ2) is 8.04. The zero-order chi connectivity index (χ0) is 19.6. The summed E-state index contributed by atoms with van der Waals surface area (Å²) in [5, 5.41) is 18.7. The van der Waals surface area contributed by atoms with E-state index < -0.39 is 5.60 Å². The number of nitrogens with one attached hydrogen (secondary N) is 1. The predicted molar refractivity (Wildman–Crippen MR) is 104 cm³/mol. The third-order valence-electron chi connectivity index (χ3n) is 5.12. The van der Waals surface area contributed by atoms with Crippen LogP contribution < -0.4 is 10.9 Å². The van der Waals surface area contributed by atoms with Gasteiger partial charge in [0.05, 0.1) is 5.69 Å². The van der Waals surface area contributed by atoms with Gasteiger partial charge in [0.2, 0.25) is 4.96 Å². The number of aliphatic hydroxyl groups is 1. The van der Waals surface area contributed by atoms with Gasteiger partial charge >= 0.3 is 0 Å². The Morgan fingerprint density at radius 2 is 2.11 bits per heavy atom. The fourth-order valence-electron chi connectivity index (χ4n) is 3.12. The summed E-state index contributed by atoms with van der Waals surface area (Å²) in [4.78, 5) is 31.9. The molecule has 1 unspecified atom stereocenters. The number of carbonyl (C=O) groups is 1. The van der Waals surface area contributed by atoms with Crippen molar-refractivity contribution in [2.45, 2.75) is 64.6 Å². The van der Waals surface area contributed by atoms with Crippen LogP contribution in [0.4, 0.5) is 0 Å². The SMILES string of the molecule is CCc1nn2c(=O)cc(CN3CCC(O)(C(=O)NC(C)CC)CC3)nc2s1. The van der Waals surface area contributed by atoms with Crippen LogP contribution in [-0.4, -0.2) is 55.2 Å². The number of nitrogens with zero attached hydrogens (tertiary/aromatic N) is 4. The average molecular weight is 394 g/mol. The highest BCUT2D eigenvalue weighted by atomic mass is 32.1. The molecule has 2 aromatic heterocycles.